The van der Waals surface area contributed by atoms with Gasteiger partial charge in [-0.15, -0.1) is 0 Å². The van der Waals surface area contributed by atoms with E-state index < -0.39 is 17.9 Å². The fraction of sp³-hybridized carbons (Fsp3) is 0.429. The summed E-state index contributed by atoms with van der Waals surface area (Å²) in [5.74, 6) is -0.361. The summed E-state index contributed by atoms with van der Waals surface area (Å²) < 4.78 is 10.3. The maximum absolute atomic E-state index is 12.1. The maximum Gasteiger partial charge on any atom is 0.326 e. The second-order valence-electron chi connectivity index (χ2n) is 4.57. The van der Waals surface area contributed by atoms with E-state index in [4.69, 9.17) is 14.6 Å². The molecule has 1 aliphatic heterocycles. The van der Waals surface area contributed by atoms with E-state index in [0.29, 0.717) is 23.5 Å². The van der Waals surface area contributed by atoms with Crippen molar-refractivity contribution < 1.29 is 24.2 Å². The average Bonchev–Trinajstić information content (AvgIpc) is 2.90. The van der Waals surface area contributed by atoms with Crippen molar-refractivity contribution in [2.24, 2.45) is 0 Å². The number of carbonyl (C=O) groups excluding carboxylic acids is 1. The number of fused-ring (bicyclic) bond motifs is 1. The third-order valence-corrected chi connectivity index (χ3v) is 3.08. The van der Waals surface area contributed by atoms with Crippen LogP contribution in [0.5, 0.6) is 11.5 Å². The number of nitrogens with one attached hydrogen (secondary N) is 1. The van der Waals surface area contributed by atoms with Gasteiger partial charge >= 0.3 is 5.97 Å². The number of carboxylic acids is 1. The first-order valence-electron chi connectivity index (χ1n) is 6.55. The summed E-state index contributed by atoms with van der Waals surface area (Å²) in [6.07, 6.45) is 2.05. The van der Waals surface area contributed by atoms with Crippen LogP contribution in [0.25, 0.3) is 0 Å². The lowest BCUT2D eigenvalue weighted by molar-refractivity contribution is -0.139. The molecule has 0 radical (unpaired) electrons. The Morgan fingerprint density at radius 1 is 1.35 bits per heavy atom. The molecule has 2 N–H and O–H groups in total. The Bertz CT molecular complexity index is 514. The molecule has 0 saturated carbocycles. The van der Waals surface area contributed by atoms with E-state index in [-0.39, 0.29) is 6.79 Å². The Labute approximate surface area is 116 Å². The summed E-state index contributed by atoms with van der Waals surface area (Å²) in [5, 5.41) is 11.6. The lowest BCUT2D eigenvalue weighted by Crippen LogP contribution is -2.40. The monoisotopic (exact) mass is 279 g/mol. The van der Waals surface area contributed by atoms with E-state index in [9.17, 15) is 9.59 Å². The van der Waals surface area contributed by atoms with Gasteiger partial charge in [-0.05, 0) is 24.6 Å². The number of unbranched alkanes of at least 4 members (excludes halogenated alkanes) is 1. The summed E-state index contributed by atoms with van der Waals surface area (Å²) in [5.41, 5.74) is 0.358. The van der Waals surface area contributed by atoms with Crippen molar-refractivity contribution >= 4 is 11.9 Å². The number of rotatable bonds is 6. The summed E-state index contributed by atoms with van der Waals surface area (Å²) >= 11 is 0. The molecule has 1 aliphatic rings. The molecule has 1 heterocycles. The molecule has 0 unspecified atom stereocenters. The van der Waals surface area contributed by atoms with Crippen molar-refractivity contribution in [2.75, 3.05) is 6.79 Å². The Hall–Kier alpha value is -2.24. The molecule has 108 valence electrons. The van der Waals surface area contributed by atoms with Crippen LogP contribution >= 0.6 is 0 Å². The standard InChI is InChI=1S/C14H17NO5/c1-2-3-4-10(14(17)18)15-13(16)9-5-6-11-12(7-9)20-8-19-11/h5-7,10H,2-4,8H2,1H3,(H,15,16)(H,17,18)/t10-/m1/s1. The lowest BCUT2D eigenvalue weighted by atomic mass is 10.1. The number of carboxylic acid groups (broad SMARTS) is 1. The highest BCUT2D eigenvalue weighted by molar-refractivity contribution is 5.97. The molecule has 0 aliphatic carbocycles. The molecule has 6 nitrogen and oxygen atoms in total. The number of benzene rings is 1. The number of amides is 1. The summed E-state index contributed by atoms with van der Waals surface area (Å²) in [6, 6.07) is 3.91. The van der Waals surface area contributed by atoms with Gasteiger partial charge in [0.05, 0.1) is 0 Å². The molecule has 1 aromatic carbocycles. The first kappa shape index (κ1) is 14.2. The molecule has 6 heteroatoms. The van der Waals surface area contributed by atoms with E-state index >= 15 is 0 Å². The number of carbonyl (C=O) groups is 2. The smallest absolute Gasteiger partial charge is 0.326 e. The third-order valence-electron chi connectivity index (χ3n) is 3.08. The van der Waals surface area contributed by atoms with Crippen molar-refractivity contribution in [3.8, 4) is 11.5 Å². The Morgan fingerprint density at radius 2 is 2.10 bits per heavy atom. The van der Waals surface area contributed by atoms with E-state index in [0.717, 1.165) is 12.8 Å². The molecule has 1 aromatic rings. The van der Waals surface area contributed by atoms with Crippen LogP contribution < -0.4 is 14.8 Å². The van der Waals surface area contributed by atoms with Crippen molar-refractivity contribution in [1.29, 1.82) is 0 Å². The predicted molar refractivity (Wildman–Crippen MR) is 71.0 cm³/mol. The van der Waals surface area contributed by atoms with Crippen molar-refractivity contribution in [2.45, 2.75) is 32.2 Å². The second kappa shape index (κ2) is 6.27. The average molecular weight is 279 g/mol. The van der Waals surface area contributed by atoms with Crippen LogP contribution in [-0.2, 0) is 4.79 Å². The van der Waals surface area contributed by atoms with Gasteiger partial charge in [0.1, 0.15) is 6.04 Å². The number of ether oxygens (including phenoxy) is 2. The quantitative estimate of drug-likeness (QED) is 0.829. The molecule has 1 atom stereocenters. The van der Waals surface area contributed by atoms with Gasteiger partial charge in [0, 0.05) is 5.56 Å². The molecule has 0 bridgehead atoms. The van der Waals surface area contributed by atoms with Crippen LogP contribution in [0.2, 0.25) is 0 Å². The Balaban J connectivity index is 2.04. The van der Waals surface area contributed by atoms with Crippen LogP contribution in [-0.4, -0.2) is 29.8 Å². The molecule has 0 spiro atoms. The van der Waals surface area contributed by atoms with E-state index in [1.807, 2.05) is 6.92 Å². The van der Waals surface area contributed by atoms with Gasteiger partial charge in [0.2, 0.25) is 6.79 Å². The van der Waals surface area contributed by atoms with Crippen LogP contribution in [0.4, 0.5) is 0 Å². The van der Waals surface area contributed by atoms with Crippen molar-refractivity contribution in [3.05, 3.63) is 23.8 Å². The van der Waals surface area contributed by atoms with Crippen LogP contribution in [0.1, 0.15) is 36.5 Å². The van der Waals surface area contributed by atoms with Crippen molar-refractivity contribution in [1.82, 2.24) is 5.32 Å². The highest BCUT2D eigenvalue weighted by Crippen LogP contribution is 2.32. The fourth-order valence-electron chi connectivity index (χ4n) is 1.94. The zero-order valence-corrected chi connectivity index (χ0v) is 11.2. The minimum Gasteiger partial charge on any atom is -0.480 e. The molecular weight excluding hydrogens is 262 g/mol. The molecule has 0 saturated heterocycles. The van der Waals surface area contributed by atoms with Gasteiger partial charge in [-0.2, -0.15) is 0 Å². The highest BCUT2D eigenvalue weighted by Gasteiger charge is 2.21. The number of aliphatic carboxylic acids is 1. The van der Waals surface area contributed by atoms with E-state index in [1.165, 1.54) is 0 Å². The number of hydrogen-bond acceptors (Lipinski definition) is 4. The predicted octanol–water partition coefficient (Wildman–Crippen LogP) is 1.79. The second-order valence-corrected chi connectivity index (χ2v) is 4.57. The van der Waals surface area contributed by atoms with Gasteiger partial charge in [-0.25, -0.2) is 4.79 Å². The molecule has 0 fully saturated rings. The minimum absolute atomic E-state index is 0.134. The normalized spacial score (nSPS) is 13.8. The molecule has 20 heavy (non-hydrogen) atoms. The summed E-state index contributed by atoms with van der Waals surface area (Å²) in [6.45, 7) is 2.10. The molecule has 0 aromatic heterocycles. The first-order valence-corrected chi connectivity index (χ1v) is 6.55. The van der Waals surface area contributed by atoms with Crippen molar-refractivity contribution in [3.63, 3.8) is 0 Å². The van der Waals surface area contributed by atoms with Gasteiger partial charge < -0.3 is 19.9 Å². The summed E-state index contributed by atoms with van der Waals surface area (Å²) in [7, 11) is 0. The zero-order chi connectivity index (χ0) is 14.5. The van der Waals surface area contributed by atoms with Crippen LogP contribution in [0.3, 0.4) is 0 Å². The van der Waals surface area contributed by atoms with Gasteiger partial charge in [0.25, 0.3) is 5.91 Å². The molecule has 2 rings (SSSR count). The fourth-order valence-corrected chi connectivity index (χ4v) is 1.94. The highest BCUT2D eigenvalue weighted by atomic mass is 16.7. The van der Waals surface area contributed by atoms with Gasteiger partial charge in [-0.1, -0.05) is 19.8 Å². The molecular formula is C14H17NO5. The van der Waals surface area contributed by atoms with Gasteiger partial charge in [-0.3, -0.25) is 4.79 Å². The summed E-state index contributed by atoms with van der Waals surface area (Å²) in [4.78, 5) is 23.2. The molecule has 1 amide bonds. The van der Waals surface area contributed by atoms with E-state index in [2.05, 4.69) is 5.32 Å². The Kier molecular flexibility index (Phi) is 4.45. The van der Waals surface area contributed by atoms with Gasteiger partial charge in [0.15, 0.2) is 11.5 Å². The maximum atomic E-state index is 12.1. The van der Waals surface area contributed by atoms with Crippen LogP contribution in [0, 0.1) is 0 Å². The Morgan fingerprint density at radius 3 is 2.80 bits per heavy atom. The largest absolute Gasteiger partial charge is 0.480 e. The van der Waals surface area contributed by atoms with E-state index in [1.54, 1.807) is 18.2 Å². The third kappa shape index (κ3) is 3.20. The first-order chi connectivity index (χ1) is 9.61. The lowest BCUT2D eigenvalue weighted by Gasteiger charge is -2.14. The topological polar surface area (TPSA) is 84.9 Å². The minimum atomic E-state index is -1.02. The zero-order valence-electron chi connectivity index (χ0n) is 11.2. The SMILES string of the molecule is CCCC[C@@H](NC(=O)c1ccc2c(c1)OCO2)C(=O)O. The number of hydrogen-bond donors (Lipinski definition) is 2. The van der Waals surface area contributed by atoms with Crippen LogP contribution in [0.15, 0.2) is 18.2 Å².